The van der Waals surface area contributed by atoms with Gasteiger partial charge in [-0.05, 0) is 38.6 Å². The largest absolute Gasteiger partial charge is 0.493 e. The monoisotopic (exact) mass is 424 g/mol. The number of rotatable bonds is 8. The molecule has 2 aromatic rings. The average Bonchev–Trinajstić information content (AvgIpc) is 2.77. The predicted octanol–water partition coefficient (Wildman–Crippen LogP) is 4.89. The van der Waals surface area contributed by atoms with Crippen LogP contribution < -0.4 is 14.8 Å². The molecule has 5 nitrogen and oxygen atoms in total. The standard InChI is InChI=1S/C24H28N2O3S/c1-5-15-26-16(3)20(22(27)17-11-8-7-9-12-17)21(25-24(26)30)18-13-10-14-19(28-4)23(18)29-6-2/h7-14,21H,5-6,15H2,1-4H3,(H,25,30). The highest BCUT2D eigenvalue weighted by molar-refractivity contribution is 7.80. The molecule has 0 aromatic heterocycles. The van der Waals surface area contributed by atoms with E-state index in [1.165, 1.54) is 0 Å². The number of carbonyl (C=O) groups is 1. The van der Waals surface area contributed by atoms with Gasteiger partial charge in [0.25, 0.3) is 0 Å². The molecule has 2 aromatic carbocycles. The number of methoxy groups -OCH3 is 1. The smallest absolute Gasteiger partial charge is 0.193 e. The number of nitrogens with zero attached hydrogens (tertiary/aromatic N) is 1. The Bertz CT molecular complexity index is 956. The molecule has 30 heavy (non-hydrogen) atoms. The number of Topliss-reactive ketones (excluding diaryl/α,β-unsaturated/α-hetero) is 1. The van der Waals surface area contributed by atoms with E-state index in [-0.39, 0.29) is 5.78 Å². The fourth-order valence-corrected chi connectivity index (χ4v) is 4.11. The summed E-state index contributed by atoms with van der Waals surface area (Å²) in [5, 5.41) is 4.00. The van der Waals surface area contributed by atoms with Crippen LogP contribution in [0.4, 0.5) is 0 Å². The summed E-state index contributed by atoms with van der Waals surface area (Å²) in [6.07, 6.45) is 0.917. The first kappa shape index (κ1) is 21.8. The molecule has 0 fully saturated rings. The number of benzene rings is 2. The average molecular weight is 425 g/mol. The van der Waals surface area contributed by atoms with Crippen molar-refractivity contribution in [3.8, 4) is 11.5 Å². The molecule has 158 valence electrons. The summed E-state index contributed by atoms with van der Waals surface area (Å²) in [6.45, 7) is 7.21. The third-order valence-corrected chi connectivity index (χ3v) is 5.49. The molecule has 6 heteroatoms. The third-order valence-electron chi connectivity index (χ3n) is 5.15. The maximum absolute atomic E-state index is 13.6. The number of para-hydroxylation sites is 1. The quantitative estimate of drug-likeness (QED) is 0.481. The van der Waals surface area contributed by atoms with Gasteiger partial charge in [-0.2, -0.15) is 0 Å². The van der Waals surface area contributed by atoms with Gasteiger partial charge in [0.1, 0.15) is 0 Å². The van der Waals surface area contributed by atoms with Crippen LogP contribution in [0.25, 0.3) is 0 Å². The predicted molar refractivity (Wildman–Crippen MR) is 123 cm³/mol. The van der Waals surface area contributed by atoms with Crippen molar-refractivity contribution in [3.05, 3.63) is 70.9 Å². The van der Waals surface area contributed by atoms with Crippen molar-refractivity contribution in [2.45, 2.75) is 33.2 Å². The van der Waals surface area contributed by atoms with Gasteiger partial charge in [0.05, 0.1) is 19.8 Å². The molecule has 1 aliphatic heterocycles. The molecule has 0 saturated carbocycles. The molecule has 0 saturated heterocycles. The van der Waals surface area contributed by atoms with Gasteiger partial charge in [-0.1, -0.05) is 49.4 Å². The highest BCUT2D eigenvalue weighted by Gasteiger charge is 2.36. The first-order valence-electron chi connectivity index (χ1n) is 10.2. The zero-order valence-electron chi connectivity index (χ0n) is 17.9. The third kappa shape index (κ3) is 4.19. The van der Waals surface area contributed by atoms with Crippen molar-refractivity contribution in [2.24, 2.45) is 0 Å². The minimum Gasteiger partial charge on any atom is -0.493 e. The van der Waals surface area contributed by atoms with Crippen LogP contribution in [0.1, 0.15) is 49.2 Å². The lowest BCUT2D eigenvalue weighted by Crippen LogP contribution is -2.48. The molecule has 0 amide bonds. The molecule has 1 N–H and O–H groups in total. The minimum absolute atomic E-state index is 0.0283. The van der Waals surface area contributed by atoms with E-state index in [1.807, 2.05) is 67.3 Å². The fraction of sp³-hybridized carbons (Fsp3) is 0.333. The molecule has 0 aliphatic carbocycles. The summed E-state index contributed by atoms with van der Waals surface area (Å²) >= 11 is 5.67. The first-order chi connectivity index (χ1) is 14.5. The topological polar surface area (TPSA) is 50.8 Å². The second-order valence-corrected chi connectivity index (χ2v) is 7.43. The van der Waals surface area contributed by atoms with Gasteiger partial charge in [0.15, 0.2) is 22.4 Å². The Balaban J connectivity index is 2.20. The summed E-state index contributed by atoms with van der Waals surface area (Å²) < 4.78 is 11.5. The van der Waals surface area contributed by atoms with Crippen LogP contribution in [0.5, 0.6) is 11.5 Å². The summed E-state index contributed by atoms with van der Waals surface area (Å²) in [6, 6.07) is 14.6. The van der Waals surface area contributed by atoms with E-state index < -0.39 is 6.04 Å². The molecule has 1 aliphatic rings. The Hall–Kier alpha value is -2.86. The summed E-state index contributed by atoms with van der Waals surface area (Å²) in [5.74, 6) is 1.22. The lowest BCUT2D eigenvalue weighted by atomic mass is 9.88. The van der Waals surface area contributed by atoms with E-state index in [1.54, 1.807) is 7.11 Å². The Morgan fingerprint density at radius 2 is 1.87 bits per heavy atom. The molecular weight excluding hydrogens is 396 g/mol. The molecule has 0 radical (unpaired) electrons. The van der Waals surface area contributed by atoms with E-state index >= 15 is 0 Å². The summed E-state index contributed by atoms with van der Waals surface area (Å²) in [5.41, 5.74) is 3.00. The van der Waals surface area contributed by atoms with E-state index in [0.717, 1.165) is 24.2 Å². The maximum Gasteiger partial charge on any atom is 0.193 e. The molecule has 0 bridgehead atoms. The van der Waals surface area contributed by atoms with Crippen molar-refractivity contribution < 1.29 is 14.3 Å². The molecule has 1 heterocycles. The van der Waals surface area contributed by atoms with Crippen LogP contribution >= 0.6 is 12.2 Å². The summed E-state index contributed by atoms with van der Waals surface area (Å²) in [4.78, 5) is 15.6. The molecule has 1 unspecified atom stereocenters. The van der Waals surface area contributed by atoms with Crippen molar-refractivity contribution in [2.75, 3.05) is 20.3 Å². The van der Waals surface area contributed by atoms with Gasteiger partial charge in [-0.3, -0.25) is 4.79 Å². The number of hydrogen-bond acceptors (Lipinski definition) is 4. The van der Waals surface area contributed by atoms with Gasteiger partial charge in [0.2, 0.25) is 0 Å². The van der Waals surface area contributed by atoms with Crippen LogP contribution in [0.2, 0.25) is 0 Å². The zero-order valence-corrected chi connectivity index (χ0v) is 18.7. The van der Waals surface area contributed by atoms with Crippen LogP contribution in [0, 0.1) is 0 Å². The highest BCUT2D eigenvalue weighted by Crippen LogP contribution is 2.41. The molecular formula is C24H28N2O3S. The fourth-order valence-electron chi connectivity index (χ4n) is 3.77. The molecule has 1 atom stereocenters. The number of thiocarbonyl (C=S) groups is 1. The Morgan fingerprint density at radius 1 is 1.13 bits per heavy atom. The number of hydrogen-bond donors (Lipinski definition) is 1. The Labute approximate surface area is 183 Å². The van der Waals surface area contributed by atoms with Gasteiger partial charge < -0.3 is 19.7 Å². The van der Waals surface area contributed by atoms with Crippen molar-refractivity contribution in [1.82, 2.24) is 10.2 Å². The van der Waals surface area contributed by atoms with Crippen LogP contribution in [0.15, 0.2) is 59.8 Å². The van der Waals surface area contributed by atoms with Gasteiger partial charge in [0, 0.05) is 28.9 Å². The number of allylic oxidation sites excluding steroid dienone is 1. The maximum atomic E-state index is 13.6. The van der Waals surface area contributed by atoms with Crippen molar-refractivity contribution in [3.63, 3.8) is 0 Å². The van der Waals surface area contributed by atoms with E-state index in [2.05, 4.69) is 12.2 Å². The SMILES string of the molecule is CCCN1C(=S)NC(c2cccc(OC)c2OCC)C(C(=O)c2ccccc2)=C1C. The van der Waals surface area contributed by atoms with Gasteiger partial charge in [-0.15, -0.1) is 0 Å². The molecule has 3 rings (SSSR count). The van der Waals surface area contributed by atoms with Crippen molar-refractivity contribution in [1.29, 1.82) is 0 Å². The normalized spacial score (nSPS) is 16.3. The van der Waals surface area contributed by atoms with Crippen LogP contribution in [-0.4, -0.2) is 36.1 Å². The minimum atomic E-state index is -0.435. The lowest BCUT2D eigenvalue weighted by Gasteiger charge is -2.38. The summed E-state index contributed by atoms with van der Waals surface area (Å²) in [7, 11) is 1.61. The van der Waals surface area contributed by atoms with E-state index in [0.29, 0.717) is 34.4 Å². The number of nitrogens with one attached hydrogen (secondary N) is 1. The van der Waals surface area contributed by atoms with Crippen LogP contribution in [0.3, 0.4) is 0 Å². The van der Waals surface area contributed by atoms with E-state index in [9.17, 15) is 4.79 Å². The van der Waals surface area contributed by atoms with Gasteiger partial charge >= 0.3 is 0 Å². The highest BCUT2D eigenvalue weighted by atomic mass is 32.1. The second-order valence-electron chi connectivity index (χ2n) is 7.04. The van der Waals surface area contributed by atoms with E-state index in [4.69, 9.17) is 21.7 Å². The Morgan fingerprint density at radius 3 is 2.50 bits per heavy atom. The van der Waals surface area contributed by atoms with Gasteiger partial charge in [-0.25, -0.2) is 0 Å². The lowest BCUT2D eigenvalue weighted by molar-refractivity contribution is 0.102. The van der Waals surface area contributed by atoms with Crippen molar-refractivity contribution >= 4 is 23.1 Å². The second kappa shape index (κ2) is 9.76. The number of ketones is 1. The number of ether oxygens (including phenoxy) is 2. The first-order valence-corrected chi connectivity index (χ1v) is 10.6. The number of carbonyl (C=O) groups excluding carboxylic acids is 1. The van der Waals surface area contributed by atoms with Crippen LogP contribution in [-0.2, 0) is 0 Å². The zero-order chi connectivity index (χ0) is 21.7. The Kier molecular flexibility index (Phi) is 7.11. The molecule has 0 spiro atoms.